The van der Waals surface area contributed by atoms with E-state index < -0.39 is 0 Å². The Bertz CT molecular complexity index is 549. The van der Waals surface area contributed by atoms with Crippen LogP contribution in [0.3, 0.4) is 0 Å². The van der Waals surface area contributed by atoms with Crippen LogP contribution in [0.2, 0.25) is 0 Å². The van der Waals surface area contributed by atoms with Gasteiger partial charge in [-0.2, -0.15) is 0 Å². The maximum atomic E-state index is 9.15. The largest absolute Gasteiger partial charge is 0.396 e. The van der Waals surface area contributed by atoms with E-state index in [0.29, 0.717) is 12.5 Å². The van der Waals surface area contributed by atoms with Gasteiger partial charge < -0.3 is 9.51 Å². The van der Waals surface area contributed by atoms with Crippen LogP contribution in [-0.2, 0) is 6.54 Å². The number of imidazole rings is 1. The Balaban J connectivity index is 1.77. The van der Waals surface area contributed by atoms with Crippen LogP contribution in [0, 0.1) is 12.8 Å². The maximum absolute atomic E-state index is 9.15. The second-order valence-electron chi connectivity index (χ2n) is 5.23. The summed E-state index contributed by atoms with van der Waals surface area (Å²) in [4.78, 5) is 7.06. The number of nitrogens with zero attached hydrogens (tertiary/aromatic N) is 3. The van der Waals surface area contributed by atoms with Crippen molar-refractivity contribution in [3.8, 4) is 0 Å². The molecule has 2 aromatic heterocycles. The van der Waals surface area contributed by atoms with Crippen LogP contribution < -0.4 is 0 Å². The molecule has 0 aliphatic carbocycles. The van der Waals surface area contributed by atoms with Crippen molar-refractivity contribution >= 4 is 5.65 Å². The average Bonchev–Trinajstić information content (AvgIpc) is 2.96. The van der Waals surface area contributed by atoms with Crippen molar-refractivity contribution in [1.29, 1.82) is 0 Å². The molecule has 3 heterocycles. The Kier molecular flexibility index (Phi) is 3.06. The molecule has 0 radical (unpaired) electrons. The second kappa shape index (κ2) is 4.71. The minimum atomic E-state index is 0.306. The van der Waals surface area contributed by atoms with E-state index in [0.717, 1.165) is 37.4 Å². The molecule has 4 nitrogen and oxygen atoms in total. The summed E-state index contributed by atoms with van der Waals surface area (Å²) >= 11 is 0. The molecule has 1 atom stereocenters. The highest BCUT2D eigenvalue weighted by atomic mass is 16.3. The third-order valence-corrected chi connectivity index (χ3v) is 3.74. The van der Waals surface area contributed by atoms with Crippen molar-refractivity contribution in [3.05, 3.63) is 35.8 Å². The van der Waals surface area contributed by atoms with Crippen LogP contribution in [-0.4, -0.2) is 39.1 Å². The molecule has 1 unspecified atom stereocenters. The first-order chi connectivity index (χ1) is 8.76. The highest BCUT2D eigenvalue weighted by molar-refractivity contribution is 5.47. The van der Waals surface area contributed by atoms with Crippen LogP contribution >= 0.6 is 0 Å². The molecule has 18 heavy (non-hydrogen) atoms. The van der Waals surface area contributed by atoms with E-state index in [-0.39, 0.29) is 0 Å². The molecule has 96 valence electrons. The quantitative estimate of drug-likeness (QED) is 0.890. The van der Waals surface area contributed by atoms with Gasteiger partial charge in [-0.25, -0.2) is 4.98 Å². The van der Waals surface area contributed by atoms with Gasteiger partial charge in [-0.1, -0.05) is 6.07 Å². The van der Waals surface area contributed by atoms with Crippen molar-refractivity contribution in [1.82, 2.24) is 14.3 Å². The molecule has 0 saturated carbocycles. The molecule has 0 amide bonds. The lowest BCUT2D eigenvalue weighted by Gasteiger charge is -2.13. The molecule has 2 aromatic rings. The monoisotopic (exact) mass is 245 g/mol. The van der Waals surface area contributed by atoms with E-state index in [9.17, 15) is 0 Å². The smallest absolute Gasteiger partial charge is 0.139 e. The van der Waals surface area contributed by atoms with E-state index >= 15 is 0 Å². The summed E-state index contributed by atoms with van der Waals surface area (Å²) in [6.45, 7) is 5.34. The average molecular weight is 245 g/mol. The van der Waals surface area contributed by atoms with Gasteiger partial charge in [-0.3, -0.25) is 4.90 Å². The fourth-order valence-electron chi connectivity index (χ4n) is 2.72. The first kappa shape index (κ1) is 11.7. The Hall–Kier alpha value is -1.39. The molecule has 1 aliphatic rings. The van der Waals surface area contributed by atoms with Gasteiger partial charge >= 0.3 is 0 Å². The number of likely N-dealkylation sites (tertiary alicyclic amines) is 1. The predicted molar refractivity (Wildman–Crippen MR) is 70.4 cm³/mol. The Morgan fingerprint density at radius 2 is 2.39 bits per heavy atom. The van der Waals surface area contributed by atoms with Crippen LogP contribution in [0.1, 0.15) is 17.7 Å². The summed E-state index contributed by atoms with van der Waals surface area (Å²) in [7, 11) is 0. The molecule has 0 spiro atoms. The Morgan fingerprint density at radius 1 is 1.50 bits per heavy atom. The fourth-order valence-corrected chi connectivity index (χ4v) is 2.72. The molecule has 1 fully saturated rings. The summed E-state index contributed by atoms with van der Waals surface area (Å²) < 4.78 is 2.09. The maximum Gasteiger partial charge on any atom is 0.139 e. The number of pyridine rings is 1. The number of aromatic nitrogens is 2. The molecular weight excluding hydrogens is 226 g/mol. The number of hydrogen-bond donors (Lipinski definition) is 1. The van der Waals surface area contributed by atoms with Gasteiger partial charge in [0, 0.05) is 32.1 Å². The first-order valence-electron chi connectivity index (χ1n) is 6.52. The normalized spacial score (nSPS) is 20.9. The summed E-state index contributed by atoms with van der Waals surface area (Å²) in [6.07, 6.45) is 5.25. The van der Waals surface area contributed by atoms with Crippen molar-refractivity contribution in [2.24, 2.45) is 5.92 Å². The number of rotatable bonds is 3. The Labute approximate surface area is 107 Å². The number of hydrogen-bond acceptors (Lipinski definition) is 3. The molecule has 4 heteroatoms. The summed E-state index contributed by atoms with van der Waals surface area (Å²) in [6, 6.07) is 4.13. The van der Waals surface area contributed by atoms with Crippen LogP contribution in [0.15, 0.2) is 24.5 Å². The van der Waals surface area contributed by atoms with Gasteiger partial charge in [0.1, 0.15) is 5.65 Å². The van der Waals surface area contributed by atoms with Gasteiger partial charge in [0.05, 0.1) is 5.69 Å². The van der Waals surface area contributed by atoms with Gasteiger partial charge in [0.25, 0.3) is 0 Å². The number of fused-ring (bicyclic) bond motifs is 1. The summed E-state index contributed by atoms with van der Waals surface area (Å²) in [5.74, 6) is 0.448. The van der Waals surface area contributed by atoms with Crippen LogP contribution in [0.5, 0.6) is 0 Å². The molecule has 0 aromatic carbocycles. The van der Waals surface area contributed by atoms with E-state index in [4.69, 9.17) is 5.11 Å². The van der Waals surface area contributed by atoms with E-state index in [1.165, 1.54) is 5.56 Å². The summed E-state index contributed by atoms with van der Waals surface area (Å²) in [5.41, 5.74) is 3.37. The lowest BCUT2D eigenvalue weighted by Crippen LogP contribution is -2.21. The van der Waals surface area contributed by atoms with Gasteiger partial charge in [-0.05, 0) is 37.4 Å². The number of aliphatic hydroxyl groups excluding tert-OH is 1. The SMILES string of the molecule is Cc1cccn2cc(CN3CCC(CO)C3)nc12. The lowest BCUT2D eigenvalue weighted by atomic mass is 10.1. The standard InChI is InChI=1S/C14H19N3O/c1-11-3-2-5-17-9-13(15-14(11)17)8-16-6-4-12(7-16)10-18/h2-3,5,9,12,18H,4,6-8,10H2,1H3. The minimum absolute atomic E-state index is 0.306. The highest BCUT2D eigenvalue weighted by Crippen LogP contribution is 2.18. The summed E-state index contributed by atoms with van der Waals surface area (Å²) in [5, 5.41) is 9.15. The second-order valence-corrected chi connectivity index (χ2v) is 5.23. The van der Waals surface area contributed by atoms with Crippen molar-refractivity contribution in [2.45, 2.75) is 19.9 Å². The van der Waals surface area contributed by atoms with Crippen molar-refractivity contribution in [2.75, 3.05) is 19.7 Å². The van der Waals surface area contributed by atoms with E-state index in [2.05, 4.69) is 33.5 Å². The third-order valence-electron chi connectivity index (χ3n) is 3.74. The molecule has 1 N–H and O–H groups in total. The number of aryl methyl sites for hydroxylation is 1. The molecule has 3 rings (SSSR count). The van der Waals surface area contributed by atoms with E-state index in [1.54, 1.807) is 0 Å². The molecular formula is C14H19N3O. The van der Waals surface area contributed by atoms with Crippen molar-refractivity contribution in [3.63, 3.8) is 0 Å². The fraction of sp³-hybridized carbons (Fsp3) is 0.500. The topological polar surface area (TPSA) is 40.8 Å². The van der Waals surface area contributed by atoms with Gasteiger partial charge in [0.2, 0.25) is 0 Å². The molecule has 1 aliphatic heterocycles. The first-order valence-corrected chi connectivity index (χ1v) is 6.52. The highest BCUT2D eigenvalue weighted by Gasteiger charge is 2.22. The number of aliphatic hydroxyl groups is 1. The van der Waals surface area contributed by atoms with Crippen LogP contribution in [0.25, 0.3) is 5.65 Å². The predicted octanol–water partition coefficient (Wildman–Crippen LogP) is 1.46. The third kappa shape index (κ3) is 2.13. The zero-order valence-electron chi connectivity index (χ0n) is 10.7. The molecule has 0 bridgehead atoms. The van der Waals surface area contributed by atoms with Gasteiger partial charge in [-0.15, -0.1) is 0 Å². The molecule has 1 saturated heterocycles. The lowest BCUT2D eigenvalue weighted by molar-refractivity contribution is 0.219. The Morgan fingerprint density at radius 3 is 3.11 bits per heavy atom. The van der Waals surface area contributed by atoms with E-state index in [1.807, 2.05) is 12.3 Å². The minimum Gasteiger partial charge on any atom is -0.396 e. The zero-order chi connectivity index (χ0) is 12.5. The van der Waals surface area contributed by atoms with Crippen molar-refractivity contribution < 1.29 is 5.11 Å². The van der Waals surface area contributed by atoms with Crippen LogP contribution in [0.4, 0.5) is 0 Å². The zero-order valence-corrected chi connectivity index (χ0v) is 10.7. The van der Waals surface area contributed by atoms with Gasteiger partial charge in [0.15, 0.2) is 0 Å².